The van der Waals surface area contributed by atoms with Crippen LogP contribution in [0.3, 0.4) is 0 Å². The Hall–Kier alpha value is -2.63. The van der Waals surface area contributed by atoms with E-state index < -0.39 is 34.6 Å². The first-order valence-corrected chi connectivity index (χ1v) is 9.80. The Balaban J connectivity index is 1.51. The minimum Gasteiger partial charge on any atom is -0.361 e. The molecule has 2 aromatic rings. The smallest absolute Gasteiger partial charge is 0.361 e. The maximum Gasteiger partial charge on any atom is 0.417 e. The summed E-state index contributed by atoms with van der Waals surface area (Å²) in [5.41, 5.74) is -1.41. The third-order valence-electron chi connectivity index (χ3n) is 5.63. The zero-order chi connectivity index (χ0) is 22.6. The predicted molar refractivity (Wildman–Crippen MR) is 102 cm³/mol. The highest BCUT2D eigenvalue weighted by Crippen LogP contribution is 2.39. The Bertz CT molecular complexity index is 1060. The lowest BCUT2D eigenvalue weighted by Crippen LogP contribution is -2.47. The summed E-state index contributed by atoms with van der Waals surface area (Å²) in [6, 6.07) is 2.22. The van der Waals surface area contributed by atoms with E-state index in [2.05, 4.69) is 15.6 Å². The number of rotatable bonds is 4. The largest absolute Gasteiger partial charge is 0.417 e. The van der Waals surface area contributed by atoms with Crippen molar-refractivity contribution in [2.24, 2.45) is 7.05 Å². The maximum atomic E-state index is 13.1. The number of aliphatic hydroxyl groups is 1. The zero-order valence-electron chi connectivity index (χ0n) is 16.3. The van der Waals surface area contributed by atoms with Gasteiger partial charge in [0.1, 0.15) is 5.82 Å². The summed E-state index contributed by atoms with van der Waals surface area (Å²) in [6.45, 7) is 0.149. The molecule has 2 aliphatic rings. The number of aryl methyl sites for hydroxylation is 1. The van der Waals surface area contributed by atoms with Gasteiger partial charge in [0.05, 0.1) is 10.6 Å². The summed E-state index contributed by atoms with van der Waals surface area (Å²) in [7, 11) is 1.69. The van der Waals surface area contributed by atoms with E-state index in [1.165, 1.54) is 17.2 Å². The van der Waals surface area contributed by atoms with Gasteiger partial charge < -0.3 is 19.9 Å². The normalized spacial score (nSPS) is 23.2. The average Bonchev–Trinajstić information content (AvgIpc) is 3.35. The Labute approximate surface area is 180 Å². The number of carbonyl (C=O) groups is 2. The number of alkyl halides is 3. The second kappa shape index (κ2) is 7.50. The molecule has 12 heteroatoms. The van der Waals surface area contributed by atoms with Crippen molar-refractivity contribution < 1.29 is 27.9 Å². The molecular weight excluding hydrogens is 439 g/mol. The Kier molecular flexibility index (Phi) is 5.23. The van der Waals surface area contributed by atoms with Gasteiger partial charge in [0, 0.05) is 39.0 Å². The average molecular weight is 458 g/mol. The molecule has 1 aromatic carbocycles. The standard InChI is InChI=1S/C19H19ClF3N5O3/c1-27-5-4-24-15(27)18(16(30)25-17(31)26-18)3-2-14(29)28-8-10-6-12(19(21,22)23)13(20)7-11(10)9-28/h4-7,17,26,31H,2-3,8-9H2,1H3,(H,25,30)/t17?,18-/m0/s1. The van der Waals surface area contributed by atoms with Crippen molar-refractivity contribution >= 4 is 23.4 Å². The first-order valence-electron chi connectivity index (χ1n) is 9.42. The van der Waals surface area contributed by atoms with Crippen LogP contribution < -0.4 is 10.6 Å². The van der Waals surface area contributed by atoms with Crippen LogP contribution in [0.1, 0.15) is 35.4 Å². The quantitative estimate of drug-likeness (QED) is 0.648. The van der Waals surface area contributed by atoms with Gasteiger partial charge in [-0.15, -0.1) is 0 Å². The van der Waals surface area contributed by atoms with Gasteiger partial charge in [-0.2, -0.15) is 13.2 Å². The predicted octanol–water partition coefficient (Wildman–Crippen LogP) is 1.61. The topological polar surface area (TPSA) is 99.5 Å². The molecule has 2 amide bonds. The number of amides is 2. The van der Waals surface area contributed by atoms with Crippen LogP contribution in [0.25, 0.3) is 0 Å². The molecule has 0 saturated carbocycles. The van der Waals surface area contributed by atoms with Gasteiger partial charge in [-0.3, -0.25) is 14.9 Å². The van der Waals surface area contributed by atoms with E-state index in [0.717, 1.165) is 6.07 Å². The number of hydrogen-bond donors (Lipinski definition) is 3. The third kappa shape index (κ3) is 3.77. The van der Waals surface area contributed by atoms with Crippen molar-refractivity contribution in [1.82, 2.24) is 25.1 Å². The molecule has 3 heterocycles. The van der Waals surface area contributed by atoms with Gasteiger partial charge in [-0.25, -0.2) is 4.98 Å². The lowest BCUT2D eigenvalue weighted by molar-refractivity contribution is -0.137. The minimum absolute atomic E-state index is 0.000975. The fourth-order valence-corrected chi connectivity index (χ4v) is 4.38. The van der Waals surface area contributed by atoms with Crippen LogP contribution in [0.4, 0.5) is 13.2 Å². The molecule has 1 unspecified atom stereocenters. The van der Waals surface area contributed by atoms with Crippen molar-refractivity contribution in [2.45, 2.75) is 44.0 Å². The molecule has 166 valence electrons. The lowest BCUT2D eigenvalue weighted by Gasteiger charge is -2.27. The van der Waals surface area contributed by atoms with Gasteiger partial charge >= 0.3 is 6.18 Å². The number of halogens is 4. The van der Waals surface area contributed by atoms with Crippen LogP contribution in [-0.2, 0) is 41.4 Å². The summed E-state index contributed by atoms with van der Waals surface area (Å²) in [5, 5.41) is 14.6. The second-order valence-electron chi connectivity index (χ2n) is 7.64. The Morgan fingerprint density at radius 2 is 2.03 bits per heavy atom. The second-order valence-corrected chi connectivity index (χ2v) is 8.04. The minimum atomic E-state index is -4.58. The Morgan fingerprint density at radius 1 is 1.35 bits per heavy atom. The van der Waals surface area contributed by atoms with Crippen LogP contribution in [0.15, 0.2) is 24.5 Å². The molecule has 31 heavy (non-hydrogen) atoms. The van der Waals surface area contributed by atoms with Crippen LogP contribution in [0.5, 0.6) is 0 Å². The molecule has 4 rings (SSSR count). The number of hydrogen-bond acceptors (Lipinski definition) is 5. The molecule has 3 N–H and O–H groups in total. The molecule has 8 nitrogen and oxygen atoms in total. The van der Waals surface area contributed by atoms with Crippen molar-refractivity contribution in [1.29, 1.82) is 0 Å². The first kappa shape index (κ1) is 21.6. The summed E-state index contributed by atoms with van der Waals surface area (Å²) >= 11 is 5.78. The van der Waals surface area contributed by atoms with E-state index in [4.69, 9.17) is 11.6 Å². The molecule has 1 fully saturated rings. The first-order chi connectivity index (χ1) is 14.5. The highest BCUT2D eigenvalue weighted by Gasteiger charge is 2.50. The van der Waals surface area contributed by atoms with Gasteiger partial charge in [-0.05, 0) is 29.7 Å². The van der Waals surface area contributed by atoms with Gasteiger partial charge in [0.2, 0.25) is 5.91 Å². The molecule has 0 bridgehead atoms. The van der Waals surface area contributed by atoms with Crippen LogP contribution in [0, 0.1) is 0 Å². The van der Waals surface area contributed by atoms with Crippen molar-refractivity contribution in [2.75, 3.05) is 0 Å². The number of carbonyl (C=O) groups excluding carboxylic acids is 2. The summed E-state index contributed by atoms with van der Waals surface area (Å²) in [6.07, 6.45) is -2.83. The molecule has 0 radical (unpaired) electrons. The fourth-order valence-electron chi connectivity index (χ4n) is 4.09. The zero-order valence-corrected chi connectivity index (χ0v) is 17.1. The van der Waals surface area contributed by atoms with Gasteiger partial charge in [-0.1, -0.05) is 11.6 Å². The molecule has 0 spiro atoms. The maximum absolute atomic E-state index is 13.1. The van der Waals surface area contributed by atoms with Crippen molar-refractivity contribution in [3.05, 3.63) is 52.1 Å². The third-order valence-corrected chi connectivity index (χ3v) is 5.94. The van der Waals surface area contributed by atoms with Crippen molar-refractivity contribution in [3.8, 4) is 0 Å². The monoisotopic (exact) mass is 457 g/mol. The van der Waals surface area contributed by atoms with E-state index in [1.807, 2.05) is 0 Å². The summed E-state index contributed by atoms with van der Waals surface area (Å²) < 4.78 is 40.9. The number of benzene rings is 1. The Morgan fingerprint density at radius 3 is 2.58 bits per heavy atom. The number of nitrogens with one attached hydrogen (secondary N) is 2. The molecule has 2 aliphatic heterocycles. The molecule has 0 aliphatic carbocycles. The number of imidazole rings is 1. The van der Waals surface area contributed by atoms with E-state index in [0.29, 0.717) is 17.0 Å². The summed E-state index contributed by atoms with van der Waals surface area (Å²) in [4.78, 5) is 31.1. The molecule has 2 atom stereocenters. The van der Waals surface area contributed by atoms with E-state index in [-0.39, 0.29) is 31.8 Å². The number of fused-ring (bicyclic) bond motifs is 1. The van der Waals surface area contributed by atoms with E-state index in [9.17, 15) is 27.9 Å². The van der Waals surface area contributed by atoms with Gasteiger partial charge in [0.25, 0.3) is 5.91 Å². The van der Waals surface area contributed by atoms with Crippen LogP contribution >= 0.6 is 11.6 Å². The van der Waals surface area contributed by atoms with Crippen LogP contribution in [-0.4, -0.2) is 37.7 Å². The molecule has 1 aromatic heterocycles. The highest BCUT2D eigenvalue weighted by atomic mass is 35.5. The number of aromatic nitrogens is 2. The molecule has 1 saturated heterocycles. The lowest BCUT2D eigenvalue weighted by atomic mass is 9.92. The summed E-state index contributed by atoms with van der Waals surface area (Å²) in [5.74, 6) is -0.528. The highest BCUT2D eigenvalue weighted by molar-refractivity contribution is 6.31. The molecular formula is C19H19ClF3N5O3. The van der Waals surface area contributed by atoms with Crippen LogP contribution in [0.2, 0.25) is 5.02 Å². The number of aliphatic hydroxyl groups excluding tert-OH is 1. The SMILES string of the molecule is Cn1ccnc1[C@]1(CCC(=O)N2Cc3cc(Cl)c(C(F)(F)F)cc3C2)NC(O)NC1=O. The van der Waals surface area contributed by atoms with Gasteiger partial charge in [0.15, 0.2) is 11.9 Å². The number of nitrogens with zero attached hydrogens (tertiary/aromatic N) is 3. The fraction of sp³-hybridized carbons (Fsp3) is 0.421. The van der Waals surface area contributed by atoms with E-state index >= 15 is 0 Å². The van der Waals surface area contributed by atoms with E-state index in [1.54, 1.807) is 17.8 Å². The van der Waals surface area contributed by atoms with Crippen molar-refractivity contribution in [3.63, 3.8) is 0 Å².